The Morgan fingerprint density at radius 1 is 1.38 bits per heavy atom. The molecule has 1 N–H and O–H groups in total. The molecule has 90 valence electrons. The van der Waals surface area contributed by atoms with E-state index in [2.05, 4.69) is 23.2 Å². The lowest BCUT2D eigenvalue weighted by Gasteiger charge is -2.31. The number of rotatable bonds is 2. The van der Waals surface area contributed by atoms with Gasteiger partial charge in [-0.1, -0.05) is 11.6 Å². The van der Waals surface area contributed by atoms with Gasteiger partial charge in [-0.05, 0) is 13.3 Å². The maximum Gasteiger partial charge on any atom is 0.237 e. The fourth-order valence-electron chi connectivity index (χ4n) is 2.28. The summed E-state index contributed by atoms with van der Waals surface area (Å²) < 4.78 is 0. The van der Waals surface area contributed by atoms with Gasteiger partial charge in [-0.25, -0.2) is 0 Å². The van der Waals surface area contributed by atoms with Crippen LogP contribution in [0.2, 0.25) is 0 Å². The van der Waals surface area contributed by atoms with E-state index in [4.69, 9.17) is 0 Å². The van der Waals surface area contributed by atoms with E-state index in [-0.39, 0.29) is 5.91 Å². The number of carbonyl (C=O) groups is 1. The monoisotopic (exact) mass is 223 g/mol. The first-order chi connectivity index (χ1) is 7.75. The summed E-state index contributed by atoms with van der Waals surface area (Å²) in [6.07, 6.45) is 3.24. The minimum Gasteiger partial charge on any atom is -0.337 e. The molecule has 2 aliphatic rings. The zero-order chi connectivity index (χ0) is 11.4. The van der Waals surface area contributed by atoms with Crippen molar-refractivity contribution in [1.29, 1.82) is 0 Å². The maximum absolute atomic E-state index is 12.0. The van der Waals surface area contributed by atoms with Gasteiger partial charge in [0.15, 0.2) is 0 Å². The second-order valence-electron chi connectivity index (χ2n) is 4.68. The summed E-state index contributed by atoms with van der Waals surface area (Å²) in [4.78, 5) is 16.3. The number of nitrogens with one attached hydrogen (secondary N) is 1. The first kappa shape index (κ1) is 11.6. The molecule has 0 radical (unpaired) electrons. The average molecular weight is 223 g/mol. The number of hydrogen-bond donors (Lipinski definition) is 1. The molecule has 1 fully saturated rings. The topological polar surface area (TPSA) is 35.6 Å². The van der Waals surface area contributed by atoms with Crippen LogP contribution >= 0.6 is 0 Å². The Morgan fingerprint density at radius 2 is 2.12 bits per heavy atom. The van der Waals surface area contributed by atoms with Crippen LogP contribution < -0.4 is 5.32 Å². The quantitative estimate of drug-likeness (QED) is 0.673. The van der Waals surface area contributed by atoms with Crippen molar-refractivity contribution >= 4 is 5.91 Å². The van der Waals surface area contributed by atoms with Crippen molar-refractivity contribution in [2.75, 3.05) is 45.8 Å². The first-order valence-corrected chi connectivity index (χ1v) is 6.12. The van der Waals surface area contributed by atoms with Crippen LogP contribution in [-0.4, -0.2) is 61.5 Å². The highest BCUT2D eigenvalue weighted by Crippen LogP contribution is 2.09. The smallest absolute Gasteiger partial charge is 0.237 e. The highest BCUT2D eigenvalue weighted by atomic mass is 16.2. The number of hydrogen-bond acceptors (Lipinski definition) is 3. The molecule has 0 spiro atoms. The Morgan fingerprint density at radius 3 is 2.81 bits per heavy atom. The third-order valence-corrected chi connectivity index (χ3v) is 3.25. The van der Waals surface area contributed by atoms with Crippen LogP contribution in [0.5, 0.6) is 0 Å². The van der Waals surface area contributed by atoms with Crippen molar-refractivity contribution in [2.45, 2.75) is 13.3 Å². The van der Waals surface area contributed by atoms with Crippen LogP contribution in [0.3, 0.4) is 0 Å². The summed E-state index contributed by atoms with van der Waals surface area (Å²) in [6.45, 7) is 8.41. The fourth-order valence-corrected chi connectivity index (χ4v) is 2.28. The molecular formula is C12H21N3O. The zero-order valence-electron chi connectivity index (χ0n) is 10.0. The van der Waals surface area contributed by atoms with Gasteiger partial charge in [-0.2, -0.15) is 0 Å². The molecule has 0 saturated carbocycles. The Kier molecular flexibility index (Phi) is 3.96. The molecule has 2 heterocycles. The second kappa shape index (κ2) is 5.46. The highest BCUT2D eigenvalue weighted by Gasteiger charge is 2.20. The lowest BCUT2D eigenvalue weighted by molar-refractivity contribution is -0.132. The van der Waals surface area contributed by atoms with Gasteiger partial charge < -0.3 is 10.2 Å². The normalized spacial score (nSPS) is 23.1. The van der Waals surface area contributed by atoms with Gasteiger partial charge in [0.25, 0.3) is 0 Å². The minimum absolute atomic E-state index is 0.286. The summed E-state index contributed by atoms with van der Waals surface area (Å²) in [5, 5.41) is 3.30. The van der Waals surface area contributed by atoms with Crippen LogP contribution in [0.4, 0.5) is 0 Å². The van der Waals surface area contributed by atoms with Crippen molar-refractivity contribution in [1.82, 2.24) is 15.1 Å². The van der Waals surface area contributed by atoms with Gasteiger partial charge in [-0.15, -0.1) is 0 Å². The third kappa shape index (κ3) is 3.06. The lowest BCUT2D eigenvalue weighted by Crippen LogP contribution is -2.49. The predicted octanol–water partition coefficient (Wildman–Crippen LogP) is 0.0702. The molecule has 16 heavy (non-hydrogen) atoms. The Balaban J connectivity index is 1.80. The summed E-state index contributed by atoms with van der Waals surface area (Å²) in [7, 11) is 0. The molecule has 0 bridgehead atoms. The molecule has 0 aliphatic carbocycles. The van der Waals surface area contributed by atoms with Crippen molar-refractivity contribution in [3.8, 4) is 0 Å². The predicted molar refractivity (Wildman–Crippen MR) is 64.3 cm³/mol. The minimum atomic E-state index is 0.286. The van der Waals surface area contributed by atoms with Gasteiger partial charge in [0.05, 0.1) is 6.54 Å². The molecule has 0 aromatic rings. The molecular weight excluding hydrogens is 202 g/mol. The van der Waals surface area contributed by atoms with Crippen LogP contribution in [-0.2, 0) is 4.79 Å². The SMILES string of the molecule is CC1=CCCN(C(=O)CN2CCNCC2)C1. The Hall–Kier alpha value is -0.870. The van der Waals surface area contributed by atoms with Gasteiger partial charge in [-0.3, -0.25) is 9.69 Å². The highest BCUT2D eigenvalue weighted by molar-refractivity contribution is 5.78. The summed E-state index contributed by atoms with van der Waals surface area (Å²) in [5.74, 6) is 0.286. The van der Waals surface area contributed by atoms with Gasteiger partial charge in [0.1, 0.15) is 0 Å². The van der Waals surface area contributed by atoms with E-state index in [0.29, 0.717) is 6.54 Å². The Bertz CT molecular complexity index is 282. The van der Waals surface area contributed by atoms with Crippen molar-refractivity contribution in [2.24, 2.45) is 0 Å². The van der Waals surface area contributed by atoms with E-state index >= 15 is 0 Å². The Labute approximate surface area is 97.3 Å². The van der Waals surface area contributed by atoms with E-state index in [1.54, 1.807) is 0 Å². The van der Waals surface area contributed by atoms with Gasteiger partial charge in [0.2, 0.25) is 5.91 Å². The number of carbonyl (C=O) groups excluding carboxylic acids is 1. The summed E-state index contributed by atoms with van der Waals surface area (Å²) in [6, 6.07) is 0. The average Bonchev–Trinajstić information content (AvgIpc) is 2.30. The third-order valence-electron chi connectivity index (χ3n) is 3.25. The standard InChI is InChI=1S/C12H21N3O/c1-11-3-2-6-15(9-11)12(16)10-14-7-4-13-5-8-14/h3,13H,2,4-10H2,1H3. The molecule has 0 unspecified atom stereocenters. The van der Waals surface area contributed by atoms with E-state index in [0.717, 1.165) is 45.7 Å². The van der Waals surface area contributed by atoms with Crippen LogP contribution in [0.1, 0.15) is 13.3 Å². The van der Waals surface area contributed by atoms with E-state index in [9.17, 15) is 4.79 Å². The van der Waals surface area contributed by atoms with Crippen molar-refractivity contribution < 1.29 is 4.79 Å². The molecule has 1 saturated heterocycles. The van der Waals surface area contributed by atoms with Crippen molar-refractivity contribution in [3.63, 3.8) is 0 Å². The largest absolute Gasteiger partial charge is 0.337 e. The maximum atomic E-state index is 12.0. The number of amides is 1. The zero-order valence-corrected chi connectivity index (χ0v) is 10.0. The molecule has 4 nitrogen and oxygen atoms in total. The molecule has 0 aromatic heterocycles. The molecule has 0 aromatic carbocycles. The van der Waals surface area contributed by atoms with E-state index in [1.165, 1.54) is 5.57 Å². The van der Waals surface area contributed by atoms with Crippen LogP contribution in [0, 0.1) is 0 Å². The van der Waals surface area contributed by atoms with E-state index < -0.39 is 0 Å². The van der Waals surface area contributed by atoms with Gasteiger partial charge >= 0.3 is 0 Å². The van der Waals surface area contributed by atoms with Crippen molar-refractivity contribution in [3.05, 3.63) is 11.6 Å². The second-order valence-corrected chi connectivity index (χ2v) is 4.68. The molecule has 0 atom stereocenters. The molecule has 4 heteroatoms. The summed E-state index contributed by atoms with van der Waals surface area (Å²) >= 11 is 0. The number of piperazine rings is 1. The van der Waals surface area contributed by atoms with Crippen LogP contribution in [0.25, 0.3) is 0 Å². The van der Waals surface area contributed by atoms with Crippen LogP contribution in [0.15, 0.2) is 11.6 Å². The molecule has 1 amide bonds. The first-order valence-electron chi connectivity index (χ1n) is 6.12. The summed E-state index contributed by atoms with van der Waals surface area (Å²) in [5.41, 5.74) is 1.32. The van der Waals surface area contributed by atoms with E-state index in [1.807, 2.05) is 4.90 Å². The number of nitrogens with zero attached hydrogens (tertiary/aromatic N) is 2. The van der Waals surface area contributed by atoms with Gasteiger partial charge in [0, 0.05) is 39.3 Å². The lowest BCUT2D eigenvalue weighted by atomic mass is 10.1. The molecule has 2 aliphatic heterocycles. The molecule has 2 rings (SSSR count). The fraction of sp³-hybridized carbons (Fsp3) is 0.750.